The molecule has 2 rings (SSSR count). The van der Waals surface area contributed by atoms with E-state index in [9.17, 15) is 19.3 Å². The van der Waals surface area contributed by atoms with Crippen molar-refractivity contribution in [2.24, 2.45) is 5.92 Å². The zero-order valence-electron chi connectivity index (χ0n) is 15.5. The van der Waals surface area contributed by atoms with E-state index >= 15 is 0 Å². The zero-order chi connectivity index (χ0) is 19.5. The van der Waals surface area contributed by atoms with Gasteiger partial charge < -0.3 is 18.9 Å². The summed E-state index contributed by atoms with van der Waals surface area (Å²) >= 11 is 0. The lowest BCUT2D eigenvalue weighted by Crippen LogP contribution is -2.34. The molecule has 1 saturated heterocycles. The zero-order valence-corrected chi connectivity index (χ0v) is 16.4. The first-order valence-corrected chi connectivity index (χ1v) is 10.5. The van der Waals surface area contributed by atoms with Gasteiger partial charge in [-0.2, -0.15) is 0 Å². The van der Waals surface area contributed by atoms with E-state index in [1.807, 2.05) is 0 Å². The summed E-state index contributed by atoms with van der Waals surface area (Å²) in [6, 6.07) is 0. The van der Waals surface area contributed by atoms with Gasteiger partial charge in [0.25, 0.3) is 5.56 Å². The second-order valence-electron chi connectivity index (χ2n) is 6.44. The number of aromatic amines is 1. The van der Waals surface area contributed by atoms with Crippen LogP contribution in [-0.2, 0) is 18.3 Å². The van der Waals surface area contributed by atoms with Crippen molar-refractivity contribution in [2.45, 2.75) is 52.6 Å². The van der Waals surface area contributed by atoms with E-state index in [0.717, 1.165) is 0 Å². The van der Waals surface area contributed by atoms with Gasteiger partial charge >= 0.3 is 13.3 Å². The highest BCUT2D eigenvalue weighted by Gasteiger charge is 2.41. The van der Waals surface area contributed by atoms with Gasteiger partial charge in [-0.1, -0.05) is 6.92 Å². The van der Waals surface area contributed by atoms with Crippen LogP contribution in [0.1, 0.15) is 39.0 Å². The molecule has 2 N–H and O–H groups in total. The SMILES string of the molecule is CCOP(=O)(C[C@H](C)[C@H]1O[C@@H](n2cc(C)c(=O)[nH]c2=O)CC1O)OCC. The Morgan fingerprint density at radius 2 is 2.00 bits per heavy atom. The van der Waals surface area contributed by atoms with Crippen molar-refractivity contribution in [1.29, 1.82) is 0 Å². The number of rotatable bonds is 8. The van der Waals surface area contributed by atoms with Crippen LogP contribution in [0.4, 0.5) is 0 Å². The summed E-state index contributed by atoms with van der Waals surface area (Å²) < 4.78 is 30.4. The maximum absolute atomic E-state index is 12.7. The molecule has 2 heterocycles. The van der Waals surface area contributed by atoms with Gasteiger partial charge in [0, 0.05) is 18.2 Å². The number of hydrogen-bond donors (Lipinski definition) is 2. The van der Waals surface area contributed by atoms with Gasteiger partial charge in [-0.25, -0.2) is 4.79 Å². The Labute approximate surface area is 151 Å². The van der Waals surface area contributed by atoms with Crippen molar-refractivity contribution in [2.75, 3.05) is 19.4 Å². The fraction of sp³-hybridized carbons (Fsp3) is 0.750. The molecule has 1 aromatic rings. The highest BCUT2D eigenvalue weighted by molar-refractivity contribution is 7.53. The second-order valence-corrected chi connectivity index (χ2v) is 8.55. The van der Waals surface area contributed by atoms with Crippen LogP contribution < -0.4 is 11.2 Å². The molecular formula is C16H27N2O7P. The normalized spacial score (nSPS) is 24.7. The molecule has 0 aliphatic carbocycles. The highest BCUT2D eigenvalue weighted by Crippen LogP contribution is 2.51. The summed E-state index contributed by atoms with van der Waals surface area (Å²) in [5.74, 6) is -0.321. The third kappa shape index (κ3) is 4.72. The number of nitrogens with zero attached hydrogens (tertiary/aromatic N) is 1. The molecule has 9 nitrogen and oxygen atoms in total. The monoisotopic (exact) mass is 390 g/mol. The molecule has 1 aromatic heterocycles. The van der Waals surface area contributed by atoms with Gasteiger partial charge in [0.15, 0.2) is 0 Å². The van der Waals surface area contributed by atoms with Gasteiger partial charge in [-0.05, 0) is 26.7 Å². The minimum absolute atomic E-state index is 0.0999. The van der Waals surface area contributed by atoms with E-state index in [4.69, 9.17) is 13.8 Å². The lowest BCUT2D eigenvalue weighted by atomic mass is 10.0. The molecule has 0 saturated carbocycles. The van der Waals surface area contributed by atoms with Crippen molar-refractivity contribution < 1.29 is 23.5 Å². The molecule has 1 unspecified atom stereocenters. The first-order chi connectivity index (χ1) is 12.2. The molecule has 0 bridgehead atoms. The van der Waals surface area contributed by atoms with Gasteiger partial charge in [-0.3, -0.25) is 18.9 Å². The lowest BCUT2D eigenvalue weighted by Gasteiger charge is -2.26. The van der Waals surface area contributed by atoms with Gasteiger partial charge in [0.05, 0.1) is 31.6 Å². The number of aliphatic hydroxyl groups is 1. The standard InChI is InChI=1S/C16H27N2O7P/c1-5-23-26(22,24-6-2)9-11(4)14-12(19)7-13(25-14)18-8-10(3)15(20)17-16(18)21/h8,11-14,19H,5-7,9H2,1-4H3,(H,17,20,21)/t11-,12?,13+,14+/m0/s1. The highest BCUT2D eigenvalue weighted by atomic mass is 31.2. The summed E-state index contributed by atoms with van der Waals surface area (Å²) in [5, 5.41) is 10.4. The minimum Gasteiger partial charge on any atom is -0.390 e. The molecule has 0 radical (unpaired) electrons. The van der Waals surface area contributed by atoms with Gasteiger partial charge in [0.1, 0.15) is 6.23 Å². The van der Waals surface area contributed by atoms with Crippen LogP contribution in [0.5, 0.6) is 0 Å². The van der Waals surface area contributed by atoms with Gasteiger partial charge in [0.2, 0.25) is 0 Å². The predicted molar refractivity (Wildman–Crippen MR) is 95.5 cm³/mol. The number of nitrogens with one attached hydrogen (secondary N) is 1. The van der Waals surface area contributed by atoms with Crippen LogP contribution in [0.25, 0.3) is 0 Å². The third-order valence-corrected chi connectivity index (χ3v) is 6.64. The molecular weight excluding hydrogens is 363 g/mol. The van der Waals surface area contributed by atoms with Crippen LogP contribution in [0.15, 0.2) is 15.8 Å². The molecule has 1 aliphatic rings. The maximum Gasteiger partial charge on any atom is 0.331 e. The smallest absolute Gasteiger partial charge is 0.331 e. The van der Waals surface area contributed by atoms with Crippen molar-refractivity contribution in [1.82, 2.24) is 9.55 Å². The van der Waals surface area contributed by atoms with E-state index in [1.54, 1.807) is 27.7 Å². The Kier molecular flexibility index (Phi) is 6.99. The van der Waals surface area contributed by atoms with Crippen LogP contribution in [-0.4, -0.2) is 46.2 Å². The summed E-state index contributed by atoms with van der Waals surface area (Å²) in [6.45, 7) is 7.36. The summed E-state index contributed by atoms with van der Waals surface area (Å²) in [5.41, 5.74) is -0.680. The number of aromatic nitrogens is 2. The largest absolute Gasteiger partial charge is 0.390 e. The van der Waals surface area contributed by atoms with E-state index in [1.165, 1.54) is 10.8 Å². The molecule has 0 spiro atoms. The second kappa shape index (κ2) is 8.63. The topological polar surface area (TPSA) is 120 Å². The molecule has 4 atom stereocenters. The molecule has 1 aliphatic heterocycles. The van der Waals surface area contributed by atoms with Crippen molar-refractivity contribution in [3.8, 4) is 0 Å². The Bertz CT molecular complexity index is 765. The van der Waals surface area contributed by atoms with Gasteiger partial charge in [-0.15, -0.1) is 0 Å². The summed E-state index contributed by atoms with van der Waals surface area (Å²) in [6.07, 6.45) is -0.480. The average Bonchev–Trinajstić information content (AvgIpc) is 2.93. The van der Waals surface area contributed by atoms with E-state index < -0.39 is 37.3 Å². The number of ether oxygens (including phenoxy) is 1. The van der Waals surface area contributed by atoms with Crippen LogP contribution in [0, 0.1) is 12.8 Å². The molecule has 0 aromatic carbocycles. The summed E-state index contributed by atoms with van der Waals surface area (Å²) in [4.78, 5) is 25.7. The maximum atomic E-state index is 12.7. The third-order valence-electron chi connectivity index (χ3n) is 4.32. The number of aliphatic hydroxyl groups excluding tert-OH is 1. The van der Waals surface area contributed by atoms with Crippen molar-refractivity contribution in [3.05, 3.63) is 32.6 Å². The Morgan fingerprint density at radius 3 is 2.58 bits per heavy atom. The quantitative estimate of drug-likeness (QED) is 0.644. The Hall–Kier alpha value is -1.25. The van der Waals surface area contributed by atoms with Crippen LogP contribution in [0.3, 0.4) is 0 Å². The average molecular weight is 390 g/mol. The fourth-order valence-corrected chi connectivity index (χ4v) is 5.14. The van der Waals surface area contributed by atoms with Crippen molar-refractivity contribution in [3.63, 3.8) is 0 Å². The van der Waals surface area contributed by atoms with Crippen LogP contribution in [0.2, 0.25) is 0 Å². The number of hydrogen-bond acceptors (Lipinski definition) is 7. The minimum atomic E-state index is -3.28. The molecule has 26 heavy (non-hydrogen) atoms. The van der Waals surface area contributed by atoms with E-state index in [0.29, 0.717) is 5.56 Å². The lowest BCUT2D eigenvalue weighted by molar-refractivity contribution is -0.0435. The number of H-pyrrole nitrogens is 1. The molecule has 1 fully saturated rings. The van der Waals surface area contributed by atoms with Crippen molar-refractivity contribution >= 4 is 7.60 Å². The fourth-order valence-electron chi connectivity index (χ4n) is 3.15. The number of aryl methyl sites for hydroxylation is 1. The predicted octanol–water partition coefficient (Wildman–Crippen LogP) is 1.40. The summed E-state index contributed by atoms with van der Waals surface area (Å²) in [7, 11) is -3.28. The molecule has 0 amide bonds. The first-order valence-electron chi connectivity index (χ1n) is 8.74. The first kappa shape index (κ1) is 21.1. The van der Waals surface area contributed by atoms with E-state index in [-0.39, 0.29) is 31.7 Å². The van der Waals surface area contributed by atoms with E-state index in [2.05, 4.69) is 4.98 Å². The van der Waals surface area contributed by atoms with Crippen LogP contribution >= 0.6 is 7.60 Å². The Morgan fingerprint density at radius 1 is 1.38 bits per heavy atom. The molecule has 10 heteroatoms. The Balaban J connectivity index is 2.15. The molecule has 148 valence electrons.